The standard InChI is InChI=1S/C15H20O2/c1-11(2)9-10-17-15-8-4-5-12-13(15)6-3-7-14(12)16/h4-5,8,11H,3,6-7,9-10H2,1-2H3. The molecule has 2 nitrogen and oxygen atoms in total. The summed E-state index contributed by atoms with van der Waals surface area (Å²) in [4.78, 5) is 11.8. The van der Waals surface area contributed by atoms with Crippen LogP contribution in [-0.2, 0) is 6.42 Å². The van der Waals surface area contributed by atoms with Crippen LogP contribution in [0.15, 0.2) is 18.2 Å². The van der Waals surface area contributed by atoms with Crippen molar-refractivity contribution < 1.29 is 9.53 Å². The SMILES string of the molecule is CC(C)CCOc1cccc2c1CCCC2=O. The molecule has 0 saturated heterocycles. The first kappa shape index (κ1) is 12.2. The molecule has 2 rings (SSSR count). The molecular weight excluding hydrogens is 212 g/mol. The van der Waals surface area contributed by atoms with Crippen LogP contribution in [0.3, 0.4) is 0 Å². The third-order valence-electron chi connectivity index (χ3n) is 3.22. The van der Waals surface area contributed by atoms with Gasteiger partial charge >= 0.3 is 0 Å². The average Bonchev–Trinajstić information content (AvgIpc) is 2.30. The second kappa shape index (κ2) is 5.35. The number of carbonyl (C=O) groups excluding carboxylic acids is 1. The van der Waals surface area contributed by atoms with E-state index in [0.29, 0.717) is 12.3 Å². The first-order chi connectivity index (χ1) is 8.18. The lowest BCUT2D eigenvalue weighted by molar-refractivity contribution is 0.0971. The van der Waals surface area contributed by atoms with E-state index in [0.717, 1.165) is 42.7 Å². The number of fused-ring (bicyclic) bond motifs is 1. The van der Waals surface area contributed by atoms with Crippen molar-refractivity contribution >= 4 is 5.78 Å². The quantitative estimate of drug-likeness (QED) is 0.792. The predicted octanol–water partition coefficient (Wildman–Crippen LogP) is 3.63. The first-order valence-electron chi connectivity index (χ1n) is 6.46. The van der Waals surface area contributed by atoms with Crippen LogP contribution in [0.25, 0.3) is 0 Å². The van der Waals surface area contributed by atoms with Gasteiger partial charge in [-0.05, 0) is 31.2 Å². The lowest BCUT2D eigenvalue weighted by atomic mass is 9.90. The second-order valence-electron chi connectivity index (χ2n) is 5.09. The zero-order valence-corrected chi connectivity index (χ0v) is 10.7. The summed E-state index contributed by atoms with van der Waals surface area (Å²) < 4.78 is 5.81. The number of Topliss-reactive ketones (excluding diaryl/α,β-unsaturated/α-hetero) is 1. The van der Waals surface area contributed by atoms with E-state index in [1.165, 1.54) is 0 Å². The van der Waals surface area contributed by atoms with E-state index in [2.05, 4.69) is 13.8 Å². The van der Waals surface area contributed by atoms with E-state index < -0.39 is 0 Å². The Morgan fingerprint density at radius 1 is 1.29 bits per heavy atom. The molecule has 1 aromatic carbocycles. The minimum absolute atomic E-state index is 0.264. The van der Waals surface area contributed by atoms with Crippen LogP contribution < -0.4 is 4.74 Å². The van der Waals surface area contributed by atoms with E-state index >= 15 is 0 Å². The summed E-state index contributed by atoms with van der Waals surface area (Å²) in [6.45, 7) is 5.11. The van der Waals surface area contributed by atoms with Crippen molar-refractivity contribution in [3.63, 3.8) is 0 Å². The smallest absolute Gasteiger partial charge is 0.163 e. The van der Waals surface area contributed by atoms with Crippen LogP contribution in [0.4, 0.5) is 0 Å². The van der Waals surface area contributed by atoms with E-state index in [1.807, 2.05) is 18.2 Å². The molecule has 17 heavy (non-hydrogen) atoms. The minimum atomic E-state index is 0.264. The van der Waals surface area contributed by atoms with Crippen LogP contribution in [0.2, 0.25) is 0 Å². The number of rotatable bonds is 4. The van der Waals surface area contributed by atoms with Gasteiger partial charge in [-0.3, -0.25) is 4.79 Å². The summed E-state index contributed by atoms with van der Waals surface area (Å²) in [6, 6.07) is 5.83. The van der Waals surface area contributed by atoms with Gasteiger partial charge in [0.05, 0.1) is 6.61 Å². The first-order valence-corrected chi connectivity index (χ1v) is 6.46. The fourth-order valence-corrected chi connectivity index (χ4v) is 2.18. The summed E-state index contributed by atoms with van der Waals surface area (Å²) in [7, 11) is 0. The van der Waals surface area contributed by atoms with E-state index in [-0.39, 0.29) is 5.78 Å². The maximum Gasteiger partial charge on any atom is 0.163 e. The lowest BCUT2D eigenvalue weighted by Gasteiger charge is -2.18. The molecule has 92 valence electrons. The molecule has 0 unspecified atom stereocenters. The van der Waals surface area contributed by atoms with E-state index in [1.54, 1.807) is 0 Å². The number of hydrogen-bond acceptors (Lipinski definition) is 2. The Balaban J connectivity index is 2.12. The lowest BCUT2D eigenvalue weighted by Crippen LogP contribution is -2.13. The van der Waals surface area contributed by atoms with Crippen LogP contribution in [0.1, 0.15) is 49.0 Å². The van der Waals surface area contributed by atoms with Crippen molar-refractivity contribution in [2.75, 3.05) is 6.61 Å². The third kappa shape index (κ3) is 2.87. The van der Waals surface area contributed by atoms with Gasteiger partial charge in [-0.1, -0.05) is 26.0 Å². The van der Waals surface area contributed by atoms with Gasteiger partial charge in [0.15, 0.2) is 5.78 Å². The fraction of sp³-hybridized carbons (Fsp3) is 0.533. The van der Waals surface area contributed by atoms with Crippen molar-refractivity contribution in [1.29, 1.82) is 0 Å². The molecule has 0 saturated carbocycles. The van der Waals surface area contributed by atoms with Crippen molar-refractivity contribution in [3.05, 3.63) is 29.3 Å². The largest absolute Gasteiger partial charge is 0.493 e. The van der Waals surface area contributed by atoms with Gasteiger partial charge in [-0.15, -0.1) is 0 Å². The molecule has 0 aliphatic heterocycles. The molecule has 0 atom stereocenters. The molecular formula is C15H20O2. The Hall–Kier alpha value is -1.31. The van der Waals surface area contributed by atoms with Crippen LogP contribution in [0.5, 0.6) is 5.75 Å². The summed E-state index contributed by atoms with van der Waals surface area (Å²) in [5.74, 6) is 1.83. The second-order valence-corrected chi connectivity index (χ2v) is 5.09. The average molecular weight is 232 g/mol. The minimum Gasteiger partial charge on any atom is -0.493 e. The third-order valence-corrected chi connectivity index (χ3v) is 3.22. The number of ether oxygens (including phenoxy) is 1. The molecule has 0 fully saturated rings. The zero-order chi connectivity index (χ0) is 12.3. The van der Waals surface area contributed by atoms with E-state index in [9.17, 15) is 4.79 Å². The van der Waals surface area contributed by atoms with Gasteiger partial charge in [0.1, 0.15) is 5.75 Å². The summed E-state index contributed by atoms with van der Waals surface area (Å²) in [5.41, 5.74) is 1.99. The number of benzene rings is 1. The zero-order valence-electron chi connectivity index (χ0n) is 10.7. The van der Waals surface area contributed by atoms with Crippen LogP contribution in [-0.4, -0.2) is 12.4 Å². The maximum atomic E-state index is 11.8. The van der Waals surface area contributed by atoms with Gasteiger partial charge in [-0.25, -0.2) is 0 Å². The Labute approximate surface area is 103 Å². The topological polar surface area (TPSA) is 26.3 Å². The molecule has 0 N–H and O–H groups in total. The molecule has 0 spiro atoms. The van der Waals surface area contributed by atoms with Crippen molar-refractivity contribution in [2.45, 2.75) is 39.5 Å². The summed E-state index contributed by atoms with van der Waals surface area (Å²) >= 11 is 0. The Morgan fingerprint density at radius 3 is 2.88 bits per heavy atom. The molecule has 0 radical (unpaired) electrons. The molecule has 1 aliphatic rings. The summed E-state index contributed by atoms with van der Waals surface area (Å²) in [6.07, 6.45) is 3.66. The monoisotopic (exact) mass is 232 g/mol. The van der Waals surface area contributed by atoms with Gasteiger partial charge < -0.3 is 4.74 Å². The number of ketones is 1. The van der Waals surface area contributed by atoms with Gasteiger partial charge in [0, 0.05) is 17.5 Å². The van der Waals surface area contributed by atoms with Crippen molar-refractivity contribution in [3.8, 4) is 5.75 Å². The van der Waals surface area contributed by atoms with Gasteiger partial charge in [-0.2, -0.15) is 0 Å². The van der Waals surface area contributed by atoms with E-state index in [4.69, 9.17) is 4.74 Å². The van der Waals surface area contributed by atoms with Crippen LogP contribution >= 0.6 is 0 Å². The van der Waals surface area contributed by atoms with Gasteiger partial charge in [0.2, 0.25) is 0 Å². The molecule has 0 bridgehead atoms. The highest BCUT2D eigenvalue weighted by atomic mass is 16.5. The Bertz CT molecular complexity index is 407. The Morgan fingerprint density at radius 2 is 2.12 bits per heavy atom. The number of hydrogen-bond donors (Lipinski definition) is 0. The maximum absolute atomic E-state index is 11.8. The molecule has 0 aromatic heterocycles. The molecule has 1 aromatic rings. The highest BCUT2D eigenvalue weighted by molar-refractivity contribution is 5.99. The Kier molecular flexibility index (Phi) is 3.82. The molecule has 2 heteroatoms. The molecule has 1 aliphatic carbocycles. The highest BCUT2D eigenvalue weighted by Crippen LogP contribution is 2.29. The molecule has 0 heterocycles. The van der Waals surface area contributed by atoms with Gasteiger partial charge in [0.25, 0.3) is 0 Å². The molecule has 0 amide bonds. The predicted molar refractivity (Wildman–Crippen MR) is 68.7 cm³/mol. The van der Waals surface area contributed by atoms with Crippen molar-refractivity contribution in [1.82, 2.24) is 0 Å². The van der Waals surface area contributed by atoms with Crippen molar-refractivity contribution in [2.24, 2.45) is 5.92 Å². The fourth-order valence-electron chi connectivity index (χ4n) is 2.18. The number of carbonyl (C=O) groups is 1. The van der Waals surface area contributed by atoms with Crippen LogP contribution in [0, 0.1) is 5.92 Å². The summed E-state index contributed by atoms with van der Waals surface area (Å²) in [5, 5.41) is 0. The normalized spacial score (nSPS) is 14.9. The highest BCUT2D eigenvalue weighted by Gasteiger charge is 2.20.